The Balaban J connectivity index is 3.09. The van der Waals surface area contributed by atoms with Crippen LogP contribution < -0.4 is 0 Å². The van der Waals surface area contributed by atoms with Crippen LogP contribution in [0.25, 0.3) is 10.9 Å². The average molecular weight is 317 g/mol. The molecule has 2 rings (SSSR count). The van der Waals surface area contributed by atoms with Crippen molar-refractivity contribution in [3.63, 3.8) is 0 Å². The Hall–Kier alpha value is -1.81. The first kappa shape index (κ1) is 17.5. The predicted octanol–water partition coefficient (Wildman–Crippen LogP) is 4.58. The van der Waals surface area contributed by atoms with Gasteiger partial charge in [-0.05, 0) is 50.8 Å². The third-order valence-electron chi connectivity index (χ3n) is 4.38. The van der Waals surface area contributed by atoms with E-state index in [1.54, 1.807) is 19.1 Å². The molecule has 4 nitrogen and oxygen atoms in total. The van der Waals surface area contributed by atoms with E-state index in [0.717, 1.165) is 27.7 Å². The topological polar surface area (TPSA) is 62.5 Å². The fourth-order valence-corrected chi connectivity index (χ4v) is 3.46. The summed E-state index contributed by atoms with van der Waals surface area (Å²) in [5.74, 6) is -0.941. The lowest BCUT2D eigenvalue weighted by Gasteiger charge is -2.24. The number of aromatic nitrogens is 1. The molecule has 2 aromatic rings. The molecule has 1 atom stereocenters. The highest BCUT2D eigenvalue weighted by molar-refractivity contribution is 5.98. The molecule has 0 aliphatic carbocycles. The molecule has 23 heavy (non-hydrogen) atoms. The molecule has 0 saturated carbocycles. The van der Waals surface area contributed by atoms with Crippen LogP contribution in [0.4, 0.5) is 0 Å². The van der Waals surface area contributed by atoms with E-state index in [0.29, 0.717) is 0 Å². The lowest BCUT2D eigenvalue weighted by Crippen LogP contribution is -2.16. The van der Waals surface area contributed by atoms with Crippen LogP contribution in [0, 0.1) is 6.92 Å². The molecule has 0 bridgehead atoms. The van der Waals surface area contributed by atoms with Crippen LogP contribution in [-0.4, -0.2) is 20.7 Å². The summed E-state index contributed by atoms with van der Waals surface area (Å²) in [6.45, 7) is 14.2. The fourth-order valence-electron chi connectivity index (χ4n) is 3.46. The van der Waals surface area contributed by atoms with Crippen LogP contribution in [-0.2, 0) is 5.41 Å². The molecule has 0 spiro atoms. The van der Waals surface area contributed by atoms with Gasteiger partial charge >= 0.3 is 5.97 Å². The number of hydrogen-bond acceptors (Lipinski definition) is 2. The van der Waals surface area contributed by atoms with Crippen LogP contribution in [0.1, 0.15) is 80.9 Å². The molecule has 1 unspecified atom stereocenters. The molecule has 1 aromatic carbocycles. The van der Waals surface area contributed by atoms with Gasteiger partial charge in [0, 0.05) is 22.7 Å². The van der Waals surface area contributed by atoms with Crippen molar-refractivity contribution in [1.82, 2.24) is 4.57 Å². The van der Waals surface area contributed by atoms with Crippen LogP contribution in [0.2, 0.25) is 0 Å². The number of carbonyl (C=O) groups is 1. The zero-order valence-corrected chi connectivity index (χ0v) is 15.1. The van der Waals surface area contributed by atoms with Crippen molar-refractivity contribution in [3.8, 4) is 0 Å². The lowest BCUT2D eigenvalue weighted by atomic mass is 9.84. The van der Waals surface area contributed by atoms with E-state index in [1.807, 2.05) is 6.92 Å². The van der Waals surface area contributed by atoms with Crippen LogP contribution in [0.15, 0.2) is 12.1 Å². The number of rotatable bonds is 3. The Morgan fingerprint density at radius 3 is 2.13 bits per heavy atom. The molecule has 126 valence electrons. The van der Waals surface area contributed by atoms with Gasteiger partial charge in [-0.1, -0.05) is 20.8 Å². The Labute approximate surface area is 137 Å². The van der Waals surface area contributed by atoms with Crippen molar-refractivity contribution in [2.75, 3.05) is 0 Å². The van der Waals surface area contributed by atoms with E-state index in [2.05, 4.69) is 39.2 Å². The number of carboxylic acid groups (broad SMARTS) is 1. The van der Waals surface area contributed by atoms with Gasteiger partial charge in [0.1, 0.15) is 0 Å². The monoisotopic (exact) mass is 317 g/mol. The third-order valence-corrected chi connectivity index (χ3v) is 4.38. The van der Waals surface area contributed by atoms with Gasteiger partial charge in [0.15, 0.2) is 0 Å². The number of aromatic carboxylic acids is 1. The number of hydrogen-bond donors (Lipinski definition) is 2. The normalized spacial score (nSPS) is 13.8. The molecule has 0 amide bonds. The van der Waals surface area contributed by atoms with E-state index in [1.165, 1.54) is 0 Å². The second-order valence-electron chi connectivity index (χ2n) is 7.61. The molecular weight excluding hydrogens is 290 g/mol. The molecule has 1 heterocycles. The number of carboxylic acids is 1. The summed E-state index contributed by atoms with van der Waals surface area (Å²) in [4.78, 5) is 11.6. The molecular formula is C19H27NO3. The zero-order valence-electron chi connectivity index (χ0n) is 15.1. The van der Waals surface area contributed by atoms with Gasteiger partial charge in [-0.2, -0.15) is 0 Å². The summed E-state index contributed by atoms with van der Waals surface area (Å²) >= 11 is 0. The molecule has 0 aliphatic heterocycles. The van der Waals surface area contributed by atoms with Gasteiger partial charge in [-0.15, -0.1) is 0 Å². The number of nitrogens with zero attached hydrogens (tertiary/aromatic N) is 1. The molecule has 2 N–H and O–H groups in total. The van der Waals surface area contributed by atoms with Crippen molar-refractivity contribution in [2.45, 2.75) is 66.0 Å². The standard InChI is InChI=1S/C19H27NO3/c1-10(2)20-11(3)16(12(4)21)14-8-13(18(22)23)9-15(17(14)20)19(5,6)7/h8-10,12,21H,1-7H3,(H,22,23). The Kier molecular flexibility index (Phi) is 4.33. The number of fused-ring (bicyclic) bond motifs is 1. The SMILES string of the molecule is Cc1c(C(C)O)c2cc(C(=O)O)cc(C(C)(C)C)c2n1C(C)C. The molecule has 1 aromatic heterocycles. The summed E-state index contributed by atoms with van der Waals surface area (Å²) < 4.78 is 2.21. The first-order valence-electron chi connectivity index (χ1n) is 8.07. The highest BCUT2D eigenvalue weighted by Crippen LogP contribution is 2.39. The number of aliphatic hydroxyl groups is 1. The van der Waals surface area contributed by atoms with Gasteiger partial charge < -0.3 is 14.8 Å². The lowest BCUT2D eigenvalue weighted by molar-refractivity contribution is 0.0697. The number of benzene rings is 1. The summed E-state index contributed by atoms with van der Waals surface area (Å²) in [6.07, 6.45) is -0.644. The summed E-state index contributed by atoms with van der Waals surface area (Å²) in [7, 11) is 0. The van der Waals surface area contributed by atoms with Gasteiger partial charge in [-0.3, -0.25) is 0 Å². The highest BCUT2D eigenvalue weighted by Gasteiger charge is 2.27. The average Bonchev–Trinajstić information content (AvgIpc) is 2.67. The maximum Gasteiger partial charge on any atom is 0.335 e. The second kappa shape index (κ2) is 5.68. The van der Waals surface area contributed by atoms with Crippen molar-refractivity contribution >= 4 is 16.9 Å². The van der Waals surface area contributed by atoms with Crippen molar-refractivity contribution in [2.24, 2.45) is 0 Å². The maximum atomic E-state index is 11.6. The maximum absolute atomic E-state index is 11.6. The Morgan fingerprint density at radius 2 is 1.74 bits per heavy atom. The molecule has 4 heteroatoms. The van der Waals surface area contributed by atoms with Crippen molar-refractivity contribution in [3.05, 3.63) is 34.5 Å². The van der Waals surface area contributed by atoms with Crippen molar-refractivity contribution < 1.29 is 15.0 Å². The Bertz CT molecular complexity index is 761. The van der Waals surface area contributed by atoms with Crippen LogP contribution >= 0.6 is 0 Å². The smallest absolute Gasteiger partial charge is 0.335 e. The second-order valence-corrected chi connectivity index (χ2v) is 7.61. The summed E-state index contributed by atoms with van der Waals surface area (Å²) in [5.41, 5.74) is 3.92. The third kappa shape index (κ3) is 2.88. The quantitative estimate of drug-likeness (QED) is 0.871. The summed E-state index contributed by atoms with van der Waals surface area (Å²) in [5, 5.41) is 20.6. The highest BCUT2D eigenvalue weighted by atomic mass is 16.4. The molecule has 0 saturated heterocycles. The fraction of sp³-hybridized carbons (Fsp3) is 0.526. The predicted molar refractivity (Wildman–Crippen MR) is 93.4 cm³/mol. The van der Waals surface area contributed by atoms with E-state index in [-0.39, 0.29) is 17.0 Å². The first-order chi connectivity index (χ1) is 10.5. The van der Waals surface area contributed by atoms with Gasteiger partial charge in [0.05, 0.1) is 17.2 Å². The molecule has 0 radical (unpaired) electrons. The van der Waals surface area contributed by atoms with E-state index >= 15 is 0 Å². The Morgan fingerprint density at radius 1 is 1.17 bits per heavy atom. The van der Waals surface area contributed by atoms with E-state index in [9.17, 15) is 15.0 Å². The van der Waals surface area contributed by atoms with Crippen molar-refractivity contribution in [1.29, 1.82) is 0 Å². The largest absolute Gasteiger partial charge is 0.478 e. The molecule has 0 aliphatic rings. The van der Waals surface area contributed by atoms with Gasteiger partial charge in [0.25, 0.3) is 0 Å². The van der Waals surface area contributed by atoms with Crippen LogP contribution in [0.3, 0.4) is 0 Å². The van der Waals surface area contributed by atoms with Gasteiger partial charge in [0.2, 0.25) is 0 Å². The first-order valence-corrected chi connectivity index (χ1v) is 8.07. The van der Waals surface area contributed by atoms with E-state index < -0.39 is 12.1 Å². The zero-order chi connectivity index (χ0) is 17.7. The van der Waals surface area contributed by atoms with Crippen LogP contribution in [0.5, 0.6) is 0 Å². The minimum atomic E-state index is -0.941. The minimum Gasteiger partial charge on any atom is -0.478 e. The number of aliphatic hydroxyl groups excluding tert-OH is 1. The summed E-state index contributed by atoms with van der Waals surface area (Å²) in [6, 6.07) is 3.69. The minimum absolute atomic E-state index is 0.197. The molecule has 0 fully saturated rings. The van der Waals surface area contributed by atoms with Gasteiger partial charge in [-0.25, -0.2) is 4.79 Å². The van der Waals surface area contributed by atoms with E-state index in [4.69, 9.17) is 0 Å².